The van der Waals surface area contributed by atoms with Crippen LogP contribution in [0.5, 0.6) is 0 Å². The summed E-state index contributed by atoms with van der Waals surface area (Å²) in [6.45, 7) is 4.30. The molecule has 0 fully saturated rings. The number of terminal acetylenes is 1. The quantitative estimate of drug-likeness (QED) is 0.652. The van der Waals surface area contributed by atoms with Gasteiger partial charge < -0.3 is 14.6 Å². The molecule has 2 heterocycles. The summed E-state index contributed by atoms with van der Waals surface area (Å²) < 4.78 is 7.10. The maximum atomic E-state index is 12.2. The summed E-state index contributed by atoms with van der Waals surface area (Å²) in [6.07, 6.45) is 5.04. The predicted octanol–water partition coefficient (Wildman–Crippen LogP) is 2.12. The van der Waals surface area contributed by atoms with E-state index >= 15 is 0 Å². The minimum Gasteiger partial charge on any atom is -0.452 e. The molecule has 2 rings (SSSR count). The van der Waals surface area contributed by atoms with Crippen molar-refractivity contribution in [1.82, 2.24) is 9.88 Å². The topological polar surface area (TPSA) is 60.3 Å². The van der Waals surface area contributed by atoms with E-state index in [4.69, 9.17) is 11.2 Å². The van der Waals surface area contributed by atoms with Crippen LogP contribution in [0.3, 0.4) is 0 Å². The minimum absolute atomic E-state index is 0.117. The number of ether oxygens (including phenoxy) is 1. The van der Waals surface area contributed by atoms with E-state index in [1.165, 1.54) is 4.88 Å². The molecule has 0 radical (unpaired) electrons. The molecule has 0 saturated heterocycles. The maximum Gasteiger partial charge on any atom is 0.340 e. The molecular formula is C17H18N2O3S. The SMILES string of the molecule is C#CCNC(=O)COC(=O)c1cc(C)n(Cc2cccs2)c1C. The molecule has 120 valence electrons. The maximum absolute atomic E-state index is 12.2. The highest BCUT2D eigenvalue weighted by Gasteiger charge is 2.18. The van der Waals surface area contributed by atoms with Gasteiger partial charge in [0.15, 0.2) is 6.61 Å². The molecule has 0 spiro atoms. The van der Waals surface area contributed by atoms with Crippen molar-refractivity contribution < 1.29 is 14.3 Å². The number of hydrogen-bond donors (Lipinski definition) is 1. The first-order chi connectivity index (χ1) is 11.0. The fourth-order valence-electron chi connectivity index (χ4n) is 2.22. The van der Waals surface area contributed by atoms with Crippen LogP contribution in [0.4, 0.5) is 0 Å². The largest absolute Gasteiger partial charge is 0.452 e. The first-order valence-electron chi connectivity index (χ1n) is 7.09. The lowest BCUT2D eigenvalue weighted by Gasteiger charge is -2.08. The predicted molar refractivity (Wildman–Crippen MR) is 89.5 cm³/mol. The summed E-state index contributed by atoms with van der Waals surface area (Å²) in [7, 11) is 0. The van der Waals surface area contributed by atoms with Crippen LogP contribution in [0.15, 0.2) is 23.6 Å². The van der Waals surface area contributed by atoms with E-state index in [1.54, 1.807) is 17.4 Å². The van der Waals surface area contributed by atoms with Crippen LogP contribution in [-0.2, 0) is 16.1 Å². The molecule has 5 nitrogen and oxygen atoms in total. The first-order valence-corrected chi connectivity index (χ1v) is 7.97. The second kappa shape index (κ2) is 7.65. The molecule has 0 aliphatic rings. The second-order valence-corrected chi connectivity index (χ2v) is 6.04. The highest BCUT2D eigenvalue weighted by molar-refractivity contribution is 7.09. The van der Waals surface area contributed by atoms with Crippen molar-refractivity contribution in [3.05, 3.63) is 45.4 Å². The highest BCUT2D eigenvalue weighted by Crippen LogP contribution is 2.19. The van der Waals surface area contributed by atoms with Crippen LogP contribution in [0.1, 0.15) is 26.6 Å². The first kappa shape index (κ1) is 16.8. The van der Waals surface area contributed by atoms with Crippen molar-refractivity contribution in [3.63, 3.8) is 0 Å². The van der Waals surface area contributed by atoms with E-state index in [0.29, 0.717) is 12.1 Å². The molecule has 0 aliphatic heterocycles. The lowest BCUT2D eigenvalue weighted by atomic mass is 10.2. The Bertz CT molecular complexity index is 739. The second-order valence-electron chi connectivity index (χ2n) is 5.01. The molecule has 1 amide bonds. The Morgan fingerprint density at radius 3 is 2.87 bits per heavy atom. The number of aromatic nitrogens is 1. The van der Waals surface area contributed by atoms with Crippen LogP contribution in [0.2, 0.25) is 0 Å². The monoisotopic (exact) mass is 330 g/mol. The van der Waals surface area contributed by atoms with E-state index in [0.717, 1.165) is 11.4 Å². The van der Waals surface area contributed by atoms with Crippen molar-refractivity contribution >= 4 is 23.2 Å². The summed E-state index contributed by atoms with van der Waals surface area (Å²) in [5, 5.41) is 4.47. The molecule has 6 heteroatoms. The van der Waals surface area contributed by atoms with Crippen LogP contribution < -0.4 is 5.32 Å². The zero-order chi connectivity index (χ0) is 16.8. The van der Waals surface area contributed by atoms with Crippen LogP contribution >= 0.6 is 11.3 Å². The lowest BCUT2D eigenvalue weighted by molar-refractivity contribution is -0.123. The number of hydrogen-bond acceptors (Lipinski definition) is 4. The number of esters is 1. The molecule has 2 aromatic heterocycles. The Kier molecular flexibility index (Phi) is 5.61. The van der Waals surface area contributed by atoms with Gasteiger partial charge in [0.05, 0.1) is 18.7 Å². The number of thiophene rings is 1. The normalized spacial score (nSPS) is 10.1. The molecular weight excluding hydrogens is 312 g/mol. The highest BCUT2D eigenvalue weighted by atomic mass is 32.1. The van der Waals surface area contributed by atoms with Gasteiger partial charge in [0.1, 0.15) is 0 Å². The van der Waals surface area contributed by atoms with Gasteiger partial charge in [-0.2, -0.15) is 0 Å². The van der Waals surface area contributed by atoms with E-state index in [9.17, 15) is 9.59 Å². The number of amides is 1. The van der Waals surface area contributed by atoms with Crippen LogP contribution in [0, 0.1) is 26.2 Å². The smallest absolute Gasteiger partial charge is 0.340 e. The standard InChI is InChI=1S/C17H18N2O3S/c1-4-7-18-16(20)11-22-17(21)15-9-12(2)19(13(15)3)10-14-6-5-8-23-14/h1,5-6,8-9H,7,10-11H2,2-3H3,(H,18,20). The molecule has 2 aromatic rings. The molecule has 0 bridgehead atoms. The fourth-order valence-corrected chi connectivity index (χ4v) is 2.91. The van der Waals surface area contributed by atoms with E-state index in [1.807, 2.05) is 25.3 Å². The number of rotatable bonds is 6. The Balaban J connectivity index is 2.04. The van der Waals surface area contributed by atoms with Gasteiger partial charge in [0, 0.05) is 16.3 Å². The Morgan fingerprint density at radius 2 is 2.22 bits per heavy atom. The van der Waals surface area contributed by atoms with Crippen LogP contribution in [0.25, 0.3) is 0 Å². The summed E-state index contributed by atoms with van der Waals surface area (Å²) in [6, 6.07) is 5.83. The van der Waals surface area contributed by atoms with Gasteiger partial charge in [-0.3, -0.25) is 4.79 Å². The van der Waals surface area contributed by atoms with Crippen molar-refractivity contribution in [1.29, 1.82) is 0 Å². The Hall–Kier alpha value is -2.52. The van der Waals surface area contributed by atoms with Crippen molar-refractivity contribution in [2.45, 2.75) is 20.4 Å². The van der Waals surface area contributed by atoms with Gasteiger partial charge in [0.25, 0.3) is 5.91 Å². The molecule has 23 heavy (non-hydrogen) atoms. The third kappa shape index (κ3) is 4.24. The van der Waals surface area contributed by atoms with E-state index < -0.39 is 11.9 Å². The van der Waals surface area contributed by atoms with Crippen LogP contribution in [-0.4, -0.2) is 29.6 Å². The summed E-state index contributed by atoms with van der Waals surface area (Å²) >= 11 is 1.67. The van der Waals surface area contributed by atoms with Gasteiger partial charge in [0.2, 0.25) is 0 Å². The number of carbonyl (C=O) groups is 2. The Morgan fingerprint density at radius 1 is 1.43 bits per heavy atom. The van der Waals surface area contributed by atoms with Gasteiger partial charge >= 0.3 is 5.97 Å². The minimum atomic E-state index is -0.508. The third-order valence-electron chi connectivity index (χ3n) is 3.41. The molecule has 0 saturated carbocycles. The fraction of sp³-hybridized carbons (Fsp3) is 0.294. The Labute approximate surface area is 139 Å². The van der Waals surface area contributed by atoms with Gasteiger partial charge in [-0.25, -0.2) is 4.79 Å². The molecule has 1 N–H and O–H groups in total. The van der Waals surface area contributed by atoms with E-state index in [-0.39, 0.29) is 13.2 Å². The van der Waals surface area contributed by atoms with Gasteiger partial charge in [-0.15, -0.1) is 17.8 Å². The molecule has 0 unspecified atom stereocenters. The van der Waals surface area contributed by atoms with Gasteiger partial charge in [-0.1, -0.05) is 12.0 Å². The third-order valence-corrected chi connectivity index (χ3v) is 4.27. The molecule has 0 aromatic carbocycles. The summed E-state index contributed by atoms with van der Waals surface area (Å²) in [4.78, 5) is 24.8. The number of carbonyl (C=O) groups excluding carboxylic acids is 2. The summed E-state index contributed by atoms with van der Waals surface area (Å²) in [5.74, 6) is 1.36. The molecule has 0 aliphatic carbocycles. The average Bonchev–Trinajstić information content (AvgIpc) is 3.14. The average molecular weight is 330 g/mol. The van der Waals surface area contributed by atoms with Crippen molar-refractivity contribution in [3.8, 4) is 12.3 Å². The van der Waals surface area contributed by atoms with E-state index in [2.05, 4.69) is 21.9 Å². The lowest BCUT2D eigenvalue weighted by Crippen LogP contribution is -2.29. The number of aryl methyl sites for hydroxylation is 1. The van der Waals surface area contributed by atoms with Gasteiger partial charge in [-0.05, 0) is 31.4 Å². The number of nitrogens with zero attached hydrogens (tertiary/aromatic N) is 1. The number of nitrogens with one attached hydrogen (secondary N) is 1. The zero-order valence-corrected chi connectivity index (χ0v) is 13.9. The van der Waals surface area contributed by atoms with Crippen molar-refractivity contribution in [2.75, 3.05) is 13.2 Å². The zero-order valence-electron chi connectivity index (χ0n) is 13.1. The van der Waals surface area contributed by atoms with Crippen molar-refractivity contribution in [2.24, 2.45) is 0 Å². The molecule has 0 atom stereocenters. The summed E-state index contributed by atoms with van der Waals surface area (Å²) in [5.41, 5.74) is 2.27.